The van der Waals surface area contributed by atoms with Crippen LogP contribution in [0.15, 0.2) is 36.8 Å². The Bertz CT molecular complexity index is 1440. The summed E-state index contributed by atoms with van der Waals surface area (Å²) in [4.78, 5) is 50.3. The van der Waals surface area contributed by atoms with Crippen molar-refractivity contribution in [3.05, 3.63) is 53.2 Å². The van der Waals surface area contributed by atoms with Crippen LogP contribution in [-0.2, 0) is 9.57 Å². The van der Waals surface area contributed by atoms with E-state index in [-0.39, 0.29) is 17.2 Å². The molecule has 0 radical (unpaired) electrons. The maximum Gasteiger partial charge on any atom is 0.410 e. The monoisotopic (exact) mass is 567 g/mol. The van der Waals surface area contributed by atoms with E-state index in [1.807, 2.05) is 0 Å². The number of halogens is 1. The van der Waals surface area contributed by atoms with Gasteiger partial charge in [0.25, 0.3) is 5.91 Å². The van der Waals surface area contributed by atoms with Crippen molar-refractivity contribution >= 4 is 46.6 Å². The Kier molecular flexibility index (Phi) is 8.16. The number of carbonyl (C=O) groups excluding carboxylic acids is 2. The van der Waals surface area contributed by atoms with Crippen LogP contribution in [0.5, 0.6) is 0 Å². The zero-order chi connectivity index (χ0) is 29.2. The molecule has 0 aliphatic carbocycles. The number of fused-ring (bicyclic) bond motifs is 4. The van der Waals surface area contributed by atoms with Gasteiger partial charge in [-0.2, -0.15) is 0 Å². The molecule has 4 rings (SSSR count). The summed E-state index contributed by atoms with van der Waals surface area (Å²) in [6, 6.07) is 5.83. The van der Waals surface area contributed by atoms with E-state index in [0.29, 0.717) is 33.5 Å². The number of ether oxygens (including phenoxy) is 1. The first-order valence-electron chi connectivity index (χ1n) is 12.3. The van der Waals surface area contributed by atoms with Crippen LogP contribution in [0, 0.1) is 5.41 Å². The molecule has 1 aliphatic heterocycles. The number of hydrogen-bond donors (Lipinski definition) is 4. The molecule has 1 aliphatic rings. The number of nitrogens with zero attached hydrogens (tertiary/aromatic N) is 5. The largest absolute Gasteiger partial charge is 0.444 e. The predicted molar refractivity (Wildman–Crippen MR) is 151 cm³/mol. The Morgan fingerprint density at radius 3 is 2.62 bits per heavy atom. The fourth-order valence-corrected chi connectivity index (χ4v) is 3.81. The minimum atomic E-state index is -0.869. The maximum absolute atomic E-state index is 12.9. The number of hydrogen-bond acceptors (Lipinski definition) is 11. The summed E-state index contributed by atoms with van der Waals surface area (Å²) >= 11 is 5.90. The van der Waals surface area contributed by atoms with E-state index in [1.54, 1.807) is 59.9 Å². The van der Waals surface area contributed by atoms with Gasteiger partial charge in [-0.25, -0.2) is 29.6 Å². The second kappa shape index (κ2) is 11.4. The van der Waals surface area contributed by atoms with E-state index >= 15 is 0 Å². The van der Waals surface area contributed by atoms with Gasteiger partial charge >= 0.3 is 6.09 Å². The lowest BCUT2D eigenvalue weighted by Gasteiger charge is -2.33. The predicted octanol–water partition coefficient (Wildman–Crippen LogP) is 4.58. The topological polar surface area (TPSA) is 167 Å². The van der Waals surface area contributed by atoms with E-state index in [1.165, 1.54) is 23.5 Å². The van der Waals surface area contributed by atoms with Gasteiger partial charge in [0.2, 0.25) is 0 Å². The lowest BCUT2D eigenvalue weighted by atomic mass is 10.1. The number of pyridine rings is 2. The van der Waals surface area contributed by atoms with Crippen LogP contribution in [0.2, 0.25) is 5.02 Å². The van der Waals surface area contributed by atoms with Crippen LogP contribution >= 0.6 is 11.6 Å². The summed E-state index contributed by atoms with van der Waals surface area (Å²) in [7, 11) is 1.59. The molecule has 0 saturated heterocycles. The summed E-state index contributed by atoms with van der Waals surface area (Å²) in [5.41, 5.74) is 4.14. The molecule has 2 atom stereocenters. The Morgan fingerprint density at radius 1 is 1.23 bits per heavy atom. The van der Waals surface area contributed by atoms with Gasteiger partial charge in [0.1, 0.15) is 46.3 Å². The van der Waals surface area contributed by atoms with Crippen LogP contribution < -0.4 is 16.1 Å². The molecule has 0 fully saturated rings. The molecule has 2 amide bonds. The maximum atomic E-state index is 12.9. The van der Waals surface area contributed by atoms with Gasteiger partial charge in [-0.15, -0.1) is 0 Å². The molecule has 210 valence electrons. The fourth-order valence-electron chi connectivity index (χ4n) is 3.70. The molecule has 4 heterocycles. The van der Waals surface area contributed by atoms with Crippen molar-refractivity contribution in [2.45, 2.75) is 52.5 Å². The molecule has 3 aromatic rings. The first kappa shape index (κ1) is 28.6. The lowest BCUT2D eigenvalue weighted by Crippen LogP contribution is -2.49. The Hall–Kier alpha value is -4.36. The molecule has 0 saturated carbocycles. The lowest BCUT2D eigenvalue weighted by molar-refractivity contribution is 0.00111. The molecule has 13 nitrogen and oxygen atoms in total. The third kappa shape index (κ3) is 6.61. The zero-order valence-corrected chi connectivity index (χ0v) is 23.6. The molecule has 0 aromatic carbocycles. The highest BCUT2D eigenvalue weighted by molar-refractivity contribution is 6.30. The van der Waals surface area contributed by atoms with Gasteiger partial charge < -0.3 is 25.7 Å². The molecule has 4 N–H and O–H groups in total. The van der Waals surface area contributed by atoms with E-state index in [4.69, 9.17) is 26.6 Å². The van der Waals surface area contributed by atoms with Crippen LogP contribution in [0.3, 0.4) is 0 Å². The minimum absolute atomic E-state index is 0.148. The van der Waals surface area contributed by atoms with Crippen molar-refractivity contribution in [3.63, 3.8) is 0 Å². The Labute approximate surface area is 236 Å². The van der Waals surface area contributed by atoms with Crippen LogP contribution in [-0.4, -0.2) is 67.5 Å². The van der Waals surface area contributed by atoms with Gasteiger partial charge in [-0.05, 0) is 58.9 Å². The van der Waals surface area contributed by atoms with E-state index in [0.717, 1.165) is 0 Å². The number of carbonyl (C=O) groups is 2. The van der Waals surface area contributed by atoms with Crippen molar-refractivity contribution < 1.29 is 19.2 Å². The summed E-state index contributed by atoms with van der Waals surface area (Å²) in [6.45, 7) is 8.70. The van der Waals surface area contributed by atoms with Crippen molar-refractivity contribution in [2.75, 3.05) is 23.2 Å². The number of anilines is 3. The fraction of sp³-hybridized carbons (Fsp3) is 0.346. The minimum Gasteiger partial charge on any atom is -0.444 e. The van der Waals surface area contributed by atoms with Gasteiger partial charge in [-0.3, -0.25) is 10.3 Å². The third-order valence-corrected chi connectivity index (χ3v) is 6.04. The summed E-state index contributed by atoms with van der Waals surface area (Å²) < 4.78 is 5.51. The van der Waals surface area contributed by atoms with Crippen molar-refractivity contribution in [1.82, 2.24) is 24.8 Å². The number of rotatable bonds is 5. The van der Waals surface area contributed by atoms with Crippen LogP contribution in [0.25, 0.3) is 11.3 Å². The average molecular weight is 568 g/mol. The summed E-state index contributed by atoms with van der Waals surface area (Å²) in [5.74, 6) is 0.0333. The van der Waals surface area contributed by atoms with Crippen LogP contribution in [0.1, 0.15) is 50.8 Å². The Balaban J connectivity index is 1.74. The number of likely N-dealkylation sites (N-methyl/N-ethyl adjacent to an activating group) is 1. The van der Waals surface area contributed by atoms with Gasteiger partial charge in [0, 0.05) is 18.8 Å². The van der Waals surface area contributed by atoms with Gasteiger partial charge in [0.05, 0.1) is 16.8 Å². The van der Waals surface area contributed by atoms with Gasteiger partial charge in [-0.1, -0.05) is 11.6 Å². The van der Waals surface area contributed by atoms with Crippen LogP contribution in [0.4, 0.5) is 22.1 Å². The molecular formula is C26H30ClN9O4. The molecular weight excluding hydrogens is 538 g/mol. The second-order valence-electron chi connectivity index (χ2n) is 10.1. The zero-order valence-electron chi connectivity index (χ0n) is 22.9. The average Bonchev–Trinajstić information content (AvgIpc) is 2.93. The number of aromatic nitrogens is 4. The summed E-state index contributed by atoms with van der Waals surface area (Å²) in [6.07, 6.45) is 1.30. The smallest absolute Gasteiger partial charge is 0.410 e. The quantitative estimate of drug-likeness (QED) is 0.320. The third-order valence-electron chi connectivity index (χ3n) is 5.81. The van der Waals surface area contributed by atoms with E-state index in [9.17, 15) is 9.59 Å². The van der Waals surface area contributed by atoms with Gasteiger partial charge in [0.15, 0.2) is 6.23 Å². The Morgan fingerprint density at radius 2 is 1.98 bits per heavy atom. The molecule has 2 unspecified atom stereocenters. The standard InChI is InChI=1S/C26H30ClN9O4/c1-13(28)20-22-21(31-12-30-20)15-9-18(33-23(37)17-8-7-16(27)11-29-17)32-19(10-15)34-24(40-35-22)14(2)36(6)25(38)39-26(3,4)5/h7-12,14,24,28,35H,1-6H3,(H2,32,33,34,37). The molecule has 14 heteroatoms. The van der Waals surface area contributed by atoms with Crippen molar-refractivity contribution in [3.8, 4) is 11.3 Å². The molecule has 3 aromatic heterocycles. The number of nitrogens with one attached hydrogen (secondary N) is 4. The normalized spacial score (nSPS) is 15.1. The first-order valence-corrected chi connectivity index (χ1v) is 12.7. The first-order chi connectivity index (χ1) is 18.8. The van der Waals surface area contributed by atoms with E-state index in [2.05, 4.69) is 36.0 Å². The molecule has 0 spiro atoms. The highest BCUT2D eigenvalue weighted by Crippen LogP contribution is 2.33. The van der Waals surface area contributed by atoms with E-state index < -0.39 is 29.9 Å². The van der Waals surface area contributed by atoms with Crippen molar-refractivity contribution in [2.24, 2.45) is 0 Å². The highest BCUT2D eigenvalue weighted by Gasteiger charge is 2.31. The number of amides is 2. The summed E-state index contributed by atoms with van der Waals surface area (Å²) in [5, 5.41) is 14.5. The highest BCUT2D eigenvalue weighted by atomic mass is 35.5. The SMILES string of the molecule is CC(=N)c1ncnc2c1NOC(C(C)N(C)C(=O)OC(C)(C)C)Nc1cc-2cc(NC(=O)c2ccc(Cl)cn2)n1. The molecule has 40 heavy (non-hydrogen) atoms. The van der Waals surface area contributed by atoms with Crippen molar-refractivity contribution in [1.29, 1.82) is 5.41 Å². The second-order valence-corrected chi connectivity index (χ2v) is 10.6. The molecule has 2 bridgehead atoms.